The Balaban J connectivity index is 1.82. The van der Waals surface area contributed by atoms with E-state index in [-0.39, 0.29) is 18.0 Å². The van der Waals surface area contributed by atoms with Gasteiger partial charge in [0, 0.05) is 5.69 Å². The fraction of sp³-hybridized carbons (Fsp3) is 0.118. The maximum absolute atomic E-state index is 11.7. The number of rotatable bonds is 6. The van der Waals surface area contributed by atoms with E-state index < -0.39 is 5.97 Å². The van der Waals surface area contributed by atoms with E-state index >= 15 is 0 Å². The first kappa shape index (κ1) is 16.2. The van der Waals surface area contributed by atoms with Gasteiger partial charge < -0.3 is 10.4 Å². The summed E-state index contributed by atoms with van der Waals surface area (Å²) in [5.74, 6) is -1.25. The Morgan fingerprint density at radius 3 is 2.48 bits per heavy atom. The number of aromatic carboxylic acids is 1. The second-order valence-electron chi connectivity index (χ2n) is 4.89. The number of carbonyl (C=O) groups excluding carboxylic acids is 1. The minimum absolute atomic E-state index is 0.111. The fourth-order valence-electron chi connectivity index (χ4n) is 1.88. The summed E-state index contributed by atoms with van der Waals surface area (Å²) in [6, 6.07) is 13.9. The quantitative estimate of drug-likeness (QED) is 0.564. The zero-order valence-electron chi connectivity index (χ0n) is 12.6. The normalized spacial score (nSPS) is 10.5. The number of hydrogen-bond donors (Lipinski definition) is 3. The summed E-state index contributed by atoms with van der Waals surface area (Å²) < 4.78 is 0. The van der Waals surface area contributed by atoms with Crippen molar-refractivity contribution >= 4 is 23.8 Å². The standard InChI is InChI=1S/C17H17N3O3/c1-12-4-2-3-5-15(12)18-11-16(21)20-19-10-13-6-8-14(9-7-13)17(22)23/h2-10,18H,11H2,1H3,(H,20,21)(H,22,23)/b19-10-. The van der Waals surface area contributed by atoms with Crippen LogP contribution in [-0.4, -0.2) is 29.7 Å². The maximum Gasteiger partial charge on any atom is 0.335 e. The summed E-state index contributed by atoms with van der Waals surface area (Å²) in [6.07, 6.45) is 1.46. The van der Waals surface area contributed by atoms with Gasteiger partial charge in [-0.15, -0.1) is 0 Å². The molecule has 0 saturated heterocycles. The number of aryl methyl sites for hydroxylation is 1. The highest BCUT2D eigenvalue weighted by atomic mass is 16.4. The Labute approximate surface area is 133 Å². The van der Waals surface area contributed by atoms with Crippen molar-refractivity contribution in [1.82, 2.24) is 5.43 Å². The van der Waals surface area contributed by atoms with Crippen molar-refractivity contribution in [2.24, 2.45) is 5.10 Å². The first-order chi connectivity index (χ1) is 11.1. The third-order valence-corrected chi connectivity index (χ3v) is 3.14. The van der Waals surface area contributed by atoms with Crippen LogP contribution in [0.4, 0.5) is 5.69 Å². The Hall–Kier alpha value is -3.15. The van der Waals surface area contributed by atoms with Gasteiger partial charge in [0.05, 0.1) is 18.3 Å². The molecule has 1 amide bonds. The van der Waals surface area contributed by atoms with E-state index in [1.165, 1.54) is 18.3 Å². The lowest BCUT2D eigenvalue weighted by Gasteiger charge is -2.07. The Bertz CT molecular complexity index is 724. The second kappa shape index (κ2) is 7.74. The van der Waals surface area contributed by atoms with Gasteiger partial charge in [-0.05, 0) is 36.2 Å². The number of nitrogens with one attached hydrogen (secondary N) is 2. The minimum Gasteiger partial charge on any atom is -0.478 e. The Kier molecular flexibility index (Phi) is 5.46. The van der Waals surface area contributed by atoms with Crippen molar-refractivity contribution in [3.63, 3.8) is 0 Å². The van der Waals surface area contributed by atoms with Gasteiger partial charge >= 0.3 is 5.97 Å². The zero-order chi connectivity index (χ0) is 16.7. The zero-order valence-corrected chi connectivity index (χ0v) is 12.6. The fourth-order valence-corrected chi connectivity index (χ4v) is 1.88. The highest BCUT2D eigenvalue weighted by molar-refractivity contribution is 5.89. The molecule has 0 aliphatic carbocycles. The molecule has 0 radical (unpaired) electrons. The molecule has 118 valence electrons. The Morgan fingerprint density at radius 2 is 1.83 bits per heavy atom. The summed E-state index contributed by atoms with van der Waals surface area (Å²) in [6.45, 7) is 2.07. The number of benzene rings is 2. The smallest absolute Gasteiger partial charge is 0.335 e. The summed E-state index contributed by atoms with van der Waals surface area (Å²) in [5.41, 5.74) is 5.27. The van der Waals surface area contributed by atoms with E-state index in [1.54, 1.807) is 12.1 Å². The van der Waals surface area contributed by atoms with Crippen molar-refractivity contribution < 1.29 is 14.7 Å². The summed E-state index contributed by atoms with van der Waals surface area (Å²) in [5, 5.41) is 15.7. The predicted octanol–water partition coefficient (Wildman–Crippen LogP) is 2.26. The predicted molar refractivity (Wildman–Crippen MR) is 88.8 cm³/mol. The molecule has 0 bridgehead atoms. The minimum atomic E-state index is -0.982. The summed E-state index contributed by atoms with van der Waals surface area (Å²) in [7, 11) is 0. The van der Waals surface area contributed by atoms with Crippen LogP contribution in [-0.2, 0) is 4.79 Å². The van der Waals surface area contributed by atoms with Gasteiger partial charge in [-0.1, -0.05) is 30.3 Å². The van der Waals surface area contributed by atoms with Gasteiger partial charge in [-0.25, -0.2) is 10.2 Å². The molecule has 23 heavy (non-hydrogen) atoms. The van der Waals surface area contributed by atoms with Crippen molar-refractivity contribution in [2.45, 2.75) is 6.92 Å². The lowest BCUT2D eigenvalue weighted by Crippen LogP contribution is -2.26. The number of hydrogen-bond acceptors (Lipinski definition) is 4. The van der Waals surface area contributed by atoms with E-state index in [0.717, 1.165) is 11.3 Å². The number of carboxylic acid groups (broad SMARTS) is 1. The average molecular weight is 311 g/mol. The average Bonchev–Trinajstić information content (AvgIpc) is 2.54. The van der Waals surface area contributed by atoms with Crippen LogP contribution in [0.2, 0.25) is 0 Å². The molecule has 6 heteroatoms. The lowest BCUT2D eigenvalue weighted by molar-refractivity contribution is -0.119. The first-order valence-corrected chi connectivity index (χ1v) is 7.01. The number of amides is 1. The third kappa shape index (κ3) is 4.96. The van der Waals surface area contributed by atoms with Crippen LogP contribution in [0.1, 0.15) is 21.5 Å². The van der Waals surface area contributed by atoms with Gasteiger partial charge in [0.1, 0.15) is 0 Å². The van der Waals surface area contributed by atoms with Crippen LogP contribution in [0.15, 0.2) is 53.6 Å². The molecule has 0 aliphatic rings. The molecule has 0 atom stereocenters. The van der Waals surface area contributed by atoms with E-state index in [4.69, 9.17) is 5.11 Å². The van der Waals surface area contributed by atoms with E-state index in [9.17, 15) is 9.59 Å². The SMILES string of the molecule is Cc1ccccc1NCC(=O)N/N=C\c1ccc(C(=O)O)cc1. The van der Waals surface area contributed by atoms with Crippen molar-refractivity contribution in [2.75, 3.05) is 11.9 Å². The topological polar surface area (TPSA) is 90.8 Å². The number of nitrogens with zero attached hydrogens (tertiary/aromatic N) is 1. The third-order valence-electron chi connectivity index (χ3n) is 3.14. The van der Waals surface area contributed by atoms with Crippen molar-refractivity contribution in [1.29, 1.82) is 0 Å². The molecule has 0 aromatic heterocycles. The van der Waals surface area contributed by atoms with Gasteiger partial charge in [0.15, 0.2) is 0 Å². The monoisotopic (exact) mass is 311 g/mol. The molecule has 3 N–H and O–H groups in total. The van der Waals surface area contributed by atoms with Gasteiger partial charge in [-0.3, -0.25) is 4.79 Å². The number of anilines is 1. The highest BCUT2D eigenvalue weighted by Crippen LogP contribution is 2.12. The molecule has 0 spiro atoms. The molecule has 0 unspecified atom stereocenters. The second-order valence-corrected chi connectivity index (χ2v) is 4.89. The van der Waals surface area contributed by atoms with Gasteiger partial charge in [-0.2, -0.15) is 5.10 Å². The van der Waals surface area contributed by atoms with Crippen LogP contribution >= 0.6 is 0 Å². The number of carboxylic acids is 1. The molecule has 6 nitrogen and oxygen atoms in total. The molecule has 2 aromatic carbocycles. The van der Waals surface area contributed by atoms with Crippen molar-refractivity contribution in [3.05, 3.63) is 65.2 Å². The molecule has 0 heterocycles. The molecule has 0 aliphatic heterocycles. The maximum atomic E-state index is 11.7. The molecule has 0 fully saturated rings. The van der Waals surface area contributed by atoms with E-state index in [2.05, 4.69) is 15.8 Å². The molecule has 0 saturated carbocycles. The van der Waals surface area contributed by atoms with E-state index in [1.807, 2.05) is 31.2 Å². The Morgan fingerprint density at radius 1 is 1.13 bits per heavy atom. The summed E-state index contributed by atoms with van der Waals surface area (Å²) in [4.78, 5) is 22.4. The number of carbonyl (C=O) groups is 2. The van der Waals surface area contributed by atoms with E-state index in [0.29, 0.717) is 5.56 Å². The van der Waals surface area contributed by atoms with Crippen molar-refractivity contribution in [3.8, 4) is 0 Å². The van der Waals surface area contributed by atoms with Crippen LogP contribution < -0.4 is 10.7 Å². The molecular formula is C17H17N3O3. The number of para-hydroxylation sites is 1. The molecule has 2 rings (SSSR count). The van der Waals surface area contributed by atoms with Crippen LogP contribution in [0.25, 0.3) is 0 Å². The first-order valence-electron chi connectivity index (χ1n) is 7.01. The highest BCUT2D eigenvalue weighted by Gasteiger charge is 2.02. The molecular weight excluding hydrogens is 294 g/mol. The van der Waals surface area contributed by atoms with Gasteiger partial charge in [0.25, 0.3) is 5.91 Å². The summed E-state index contributed by atoms with van der Waals surface area (Å²) >= 11 is 0. The largest absolute Gasteiger partial charge is 0.478 e. The van der Waals surface area contributed by atoms with Crippen LogP contribution in [0.3, 0.4) is 0 Å². The molecule has 2 aromatic rings. The van der Waals surface area contributed by atoms with Crippen LogP contribution in [0, 0.1) is 6.92 Å². The lowest BCUT2D eigenvalue weighted by atomic mass is 10.1. The van der Waals surface area contributed by atoms with Gasteiger partial charge in [0.2, 0.25) is 0 Å². The van der Waals surface area contributed by atoms with Crippen LogP contribution in [0.5, 0.6) is 0 Å². The number of hydrazone groups is 1.